The van der Waals surface area contributed by atoms with E-state index in [1.54, 1.807) is 18.7 Å². The van der Waals surface area contributed by atoms with E-state index >= 15 is 0 Å². The fraction of sp³-hybridized carbons (Fsp3) is 0.750. The van der Waals surface area contributed by atoms with Crippen molar-refractivity contribution in [3.05, 3.63) is 0 Å². The van der Waals surface area contributed by atoms with E-state index in [4.69, 9.17) is 5.11 Å². The number of urea groups is 1. The topological polar surface area (TPSA) is 98.7 Å². The number of nitrogens with one attached hydrogen (secondary N) is 2. The van der Waals surface area contributed by atoms with Crippen LogP contribution in [0.15, 0.2) is 0 Å². The van der Waals surface area contributed by atoms with Crippen molar-refractivity contribution < 1.29 is 19.5 Å². The number of carbonyl (C=O) groups excluding carboxylic acids is 2. The van der Waals surface area contributed by atoms with E-state index in [1.807, 2.05) is 0 Å². The fourth-order valence-electron chi connectivity index (χ4n) is 2.11. The van der Waals surface area contributed by atoms with E-state index in [9.17, 15) is 14.4 Å². The molecule has 1 aliphatic heterocycles. The lowest BCUT2D eigenvalue weighted by molar-refractivity contribution is -0.145. The standard InChI is InChI=1S/C12H21N3O4/c1-8(2)13-12(19)14-10(16)7-15-6-4-3-5-9(15)11(17)18/h8-9H,3-7H2,1-2H3,(H,17,18)(H2,13,14,16,19). The molecular formula is C12H21N3O4. The number of likely N-dealkylation sites (tertiary alicyclic amines) is 1. The summed E-state index contributed by atoms with van der Waals surface area (Å²) in [5.74, 6) is -1.40. The number of hydrogen-bond donors (Lipinski definition) is 3. The average Bonchev–Trinajstić information content (AvgIpc) is 2.27. The molecule has 1 fully saturated rings. The second-order valence-corrected chi connectivity index (χ2v) is 5.00. The molecule has 7 heteroatoms. The molecule has 1 atom stereocenters. The molecule has 108 valence electrons. The van der Waals surface area contributed by atoms with Gasteiger partial charge in [0.2, 0.25) is 5.91 Å². The third kappa shape index (κ3) is 5.25. The van der Waals surface area contributed by atoms with Crippen molar-refractivity contribution >= 4 is 17.9 Å². The lowest BCUT2D eigenvalue weighted by atomic mass is 10.0. The number of carboxylic acids is 1. The summed E-state index contributed by atoms with van der Waals surface area (Å²) in [6.07, 6.45) is 2.26. The zero-order valence-electron chi connectivity index (χ0n) is 11.3. The van der Waals surface area contributed by atoms with Gasteiger partial charge in [0.25, 0.3) is 0 Å². The van der Waals surface area contributed by atoms with Gasteiger partial charge in [-0.25, -0.2) is 4.79 Å². The van der Waals surface area contributed by atoms with Gasteiger partial charge in [0.1, 0.15) is 6.04 Å². The Hall–Kier alpha value is -1.63. The van der Waals surface area contributed by atoms with Gasteiger partial charge in [0.15, 0.2) is 0 Å². The summed E-state index contributed by atoms with van der Waals surface area (Å²) in [7, 11) is 0. The van der Waals surface area contributed by atoms with Gasteiger partial charge in [0, 0.05) is 6.04 Å². The van der Waals surface area contributed by atoms with Crippen LogP contribution in [0.25, 0.3) is 0 Å². The minimum atomic E-state index is -0.917. The van der Waals surface area contributed by atoms with Crippen LogP contribution in [-0.4, -0.2) is 53.1 Å². The Bertz CT molecular complexity index is 357. The molecule has 19 heavy (non-hydrogen) atoms. The molecule has 3 amide bonds. The average molecular weight is 271 g/mol. The van der Waals surface area contributed by atoms with Crippen LogP contribution in [-0.2, 0) is 9.59 Å². The van der Waals surface area contributed by atoms with Crippen molar-refractivity contribution in [1.82, 2.24) is 15.5 Å². The molecule has 1 aliphatic rings. The highest BCUT2D eigenvalue weighted by atomic mass is 16.4. The van der Waals surface area contributed by atoms with Crippen LogP contribution in [0, 0.1) is 0 Å². The molecule has 1 unspecified atom stereocenters. The third-order valence-electron chi connectivity index (χ3n) is 2.92. The van der Waals surface area contributed by atoms with Crippen molar-refractivity contribution in [2.45, 2.75) is 45.2 Å². The second kappa shape index (κ2) is 7.08. The number of rotatable bonds is 4. The Labute approximate surface area is 112 Å². The first-order valence-electron chi connectivity index (χ1n) is 6.47. The minimum Gasteiger partial charge on any atom is -0.480 e. The molecular weight excluding hydrogens is 250 g/mol. The summed E-state index contributed by atoms with van der Waals surface area (Å²) in [4.78, 5) is 35.7. The normalized spacial score (nSPS) is 20.1. The van der Waals surface area contributed by atoms with Crippen molar-refractivity contribution in [3.8, 4) is 0 Å². The lowest BCUT2D eigenvalue weighted by Crippen LogP contribution is -2.51. The summed E-state index contributed by atoms with van der Waals surface area (Å²) in [5, 5.41) is 13.8. The first kappa shape index (κ1) is 15.4. The van der Waals surface area contributed by atoms with Crippen LogP contribution in [0.2, 0.25) is 0 Å². The number of aliphatic carboxylic acids is 1. The number of imide groups is 1. The van der Waals surface area contributed by atoms with Crippen LogP contribution in [0.5, 0.6) is 0 Å². The first-order valence-corrected chi connectivity index (χ1v) is 6.47. The van der Waals surface area contributed by atoms with Crippen molar-refractivity contribution in [1.29, 1.82) is 0 Å². The van der Waals surface area contributed by atoms with Crippen LogP contribution in [0.1, 0.15) is 33.1 Å². The van der Waals surface area contributed by atoms with E-state index in [1.165, 1.54) is 0 Å². The van der Waals surface area contributed by atoms with Crippen LogP contribution < -0.4 is 10.6 Å². The van der Waals surface area contributed by atoms with E-state index in [-0.39, 0.29) is 12.6 Å². The monoisotopic (exact) mass is 271 g/mol. The van der Waals surface area contributed by atoms with Gasteiger partial charge in [-0.1, -0.05) is 6.42 Å². The quantitative estimate of drug-likeness (QED) is 0.676. The Morgan fingerprint density at radius 1 is 1.32 bits per heavy atom. The Morgan fingerprint density at radius 3 is 2.58 bits per heavy atom. The molecule has 3 N–H and O–H groups in total. The van der Waals surface area contributed by atoms with Crippen LogP contribution >= 0.6 is 0 Å². The number of carbonyl (C=O) groups is 3. The highest BCUT2D eigenvalue weighted by Crippen LogP contribution is 2.16. The molecule has 0 aliphatic carbocycles. The predicted molar refractivity (Wildman–Crippen MR) is 68.7 cm³/mol. The summed E-state index contributed by atoms with van der Waals surface area (Å²) in [5.41, 5.74) is 0. The van der Waals surface area contributed by atoms with Gasteiger partial charge in [0.05, 0.1) is 6.54 Å². The highest BCUT2D eigenvalue weighted by Gasteiger charge is 2.29. The molecule has 0 aromatic heterocycles. The number of carboxylic acid groups (broad SMARTS) is 1. The van der Waals surface area contributed by atoms with Gasteiger partial charge in [-0.3, -0.25) is 19.8 Å². The van der Waals surface area contributed by atoms with E-state index in [2.05, 4.69) is 10.6 Å². The third-order valence-corrected chi connectivity index (χ3v) is 2.92. The van der Waals surface area contributed by atoms with Gasteiger partial charge < -0.3 is 10.4 Å². The molecule has 7 nitrogen and oxygen atoms in total. The smallest absolute Gasteiger partial charge is 0.321 e. The maximum atomic E-state index is 11.7. The Balaban J connectivity index is 2.46. The van der Waals surface area contributed by atoms with Crippen molar-refractivity contribution in [2.24, 2.45) is 0 Å². The molecule has 1 rings (SSSR count). The lowest BCUT2D eigenvalue weighted by Gasteiger charge is -2.32. The summed E-state index contributed by atoms with van der Waals surface area (Å²) >= 11 is 0. The maximum Gasteiger partial charge on any atom is 0.321 e. The molecule has 0 aromatic carbocycles. The minimum absolute atomic E-state index is 0.0606. The first-order chi connectivity index (χ1) is 8.90. The molecule has 1 heterocycles. The highest BCUT2D eigenvalue weighted by molar-refractivity contribution is 5.95. The summed E-state index contributed by atoms with van der Waals surface area (Å²) < 4.78 is 0. The Kier molecular flexibility index (Phi) is 5.75. The number of hydrogen-bond acceptors (Lipinski definition) is 4. The number of piperidine rings is 1. The molecule has 0 radical (unpaired) electrons. The fourth-order valence-corrected chi connectivity index (χ4v) is 2.11. The zero-order valence-corrected chi connectivity index (χ0v) is 11.3. The van der Waals surface area contributed by atoms with Gasteiger partial charge >= 0.3 is 12.0 Å². The number of amides is 3. The number of nitrogens with zero attached hydrogens (tertiary/aromatic N) is 1. The summed E-state index contributed by atoms with van der Waals surface area (Å²) in [6.45, 7) is 4.07. The summed E-state index contributed by atoms with van der Waals surface area (Å²) in [6, 6.07) is -1.24. The Morgan fingerprint density at radius 2 is 2.00 bits per heavy atom. The van der Waals surface area contributed by atoms with Gasteiger partial charge in [-0.2, -0.15) is 0 Å². The largest absolute Gasteiger partial charge is 0.480 e. The second-order valence-electron chi connectivity index (χ2n) is 5.00. The molecule has 1 saturated heterocycles. The van der Waals surface area contributed by atoms with Gasteiger partial charge in [-0.05, 0) is 33.2 Å². The predicted octanol–water partition coefficient (Wildman–Crippen LogP) is 0.160. The van der Waals surface area contributed by atoms with E-state index < -0.39 is 23.9 Å². The van der Waals surface area contributed by atoms with Crippen LogP contribution in [0.4, 0.5) is 4.79 Å². The van der Waals surface area contributed by atoms with Gasteiger partial charge in [-0.15, -0.1) is 0 Å². The van der Waals surface area contributed by atoms with E-state index in [0.717, 1.165) is 12.8 Å². The molecule has 0 spiro atoms. The molecule has 0 aromatic rings. The van der Waals surface area contributed by atoms with Crippen molar-refractivity contribution in [3.63, 3.8) is 0 Å². The zero-order chi connectivity index (χ0) is 14.4. The van der Waals surface area contributed by atoms with Crippen molar-refractivity contribution in [2.75, 3.05) is 13.1 Å². The maximum absolute atomic E-state index is 11.7. The molecule has 0 bridgehead atoms. The van der Waals surface area contributed by atoms with E-state index in [0.29, 0.717) is 13.0 Å². The SMILES string of the molecule is CC(C)NC(=O)NC(=O)CN1CCCCC1C(=O)O. The molecule has 0 saturated carbocycles. The van der Waals surface area contributed by atoms with Crippen LogP contribution in [0.3, 0.4) is 0 Å².